The lowest BCUT2D eigenvalue weighted by molar-refractivity contribution is -0.121. The van der Waals surface area contributed by atoms with Gasteiger partial charge < -0.3 is 10.6 Å². The van der Waals surface area contributed by atoms with Gasteiger partial charge in [0.15, 0.2) is 5.13 Å². The quantitative estimate of drug-likeness (QED) is 0.819. The van der Waals surface area contributed by atoms with Crippen LogP contribution in [0.4, 0.5) is 5.13 Å². The molecular weight excluding hydrogens is 298 g/mol. The van der Waals surface area contributed by atoms with Crippen LogP contribution in [-0.4, -0.2) is 22.8 Å². The Kier molecular flexibility index (Phi) is 5.08. The molecule has 2 saturated carbocycles. The summed E-state index contributed by atoms with van der Waals surface area (Å²) < 4.78 is 0. The molecule has 0 aromatic carbocycles. The molecule has 0 radical (unpaired) electrons. The van der Waals surface area contributed by atoms with Crippen molar-refractivity contribution in [1.29, 1.82) is 0 Å². The van der Waals surface area contributed by atoms with Crippen LogP contribution in [0.1, 0.15) is 57.1 Å². The number of hydrogen-bond donors (Lipinski definition) is 2. The minimum atomic E-state index is 0.0391. The van der Waals surface area contributed by atoms with Gasteiger partial charge in [0.2, 0.25) is 11.8 Å². The molecule has 3 rings (SSSR count). The van der Waals surface area contributed by atoms with Crippen LogP contribution in [0.2, 0.25) is 0 Å². The molecule has 5 nitrogen and oxygen atoms in total. The molecule has 22 heavy (non-hydrogen) atoms. The Bertz CT molecular complexity index is 531. The molecule has 2 aliphatic carbocycles. The first-order valence-electron chi connectivity index (χ1n) is 8.25. The number of aromatic nitrogens is 1. The van der Waals surface area contributed by atoms with Crippen LogP contribution in [0.3, 0.4) is 0 Å². The van der Waals surface area contributed by atoms with E-state index in [1.54, 1.807) is 0 Å². The minimum absolute atomic E-state index is 0.0391. The average Bonchev–Trinajstić information content (AvgIpc) is 3.27. The lowest BCUT2D eigenvalue weighted by Crippen LogP contribution is -2.35. The largest absolute Gasteiger partial charge is 0.353 e. The second kappa shape index (κ2) is 7.22. The van der Waals surface area contributed by atoms with Gasteiger partial charge in [-0.1, -0.05) is 25.7 Å². The summed E-state index contributed by atoms with van der Waals surface area (Å²) in [6, 6.07) is 0.322. The van der Waals surface area contributed by atoms with E-state index in [4.69, 9.17) is 0 Å². The van der Waals surface area contributed by atoms with Crippen LogP contribution >= 0.6 is 11.3 Å². The monoisotopic (exact) mass is 321 g/mol. The standard InChI is InChI=1S/C16H23N3O2S/c20-14(17-12-5-3-1-2-4-6-12)9-13-10-22-16(18-13)19-15(21)11-7-8-11/h10-12H,1-9H2,(H,17,20)(H,18,19,21). The van der Waals surface area contributed by atoms with Gasteiger partial charge in [-0.25, -0.2) is 4.98 Å². The van der Waals surface area contributed by atoms with Crippen molar-refractivity contribution < 1.29 is 9.59 Å². The van der Waals surface area contributed by atoms with Crippen LogP contribution in [0.25, 0.3) is 0 Å². The summed E-state index contributed by atoms with van der Waals surface area (Å²) in [5.74, 6) is 0.270. The summed E-state index contributed by atoms with van der Waals surface area (Å²) in [5.41, 5.74) is 0.738. The molecule has 1 aromatic heterocycles. The molecule has 0 spiro atoms. The van der Waals surface area contributed by atoms with E-state index >= 15 is 0 Å². The van der Waals surface area contributed by atoms with Crippen LogP contribution in [0.5, 0.6) is 0 Å². The zero-order valence-corrected chi connectivity index (χ0v) is 13.6. The maximum Gasteiger partial charge on any atom is 0.229 e. The fraction of sp³-hybridized carbons (Fsp3) is 0.688. The van der Waals surface area contributed by atoms with Crippen LogP contribution in [0.15, 0.2) is 5.38 Å². The van der Waals surface area contributed by atoms with Crippen molar-refractivity contribution in [2.75, 3.05) is 5.32 Å². The number of carbonyl (C=O) groups is 2. The van der Waals surface area contributed by atoms with Crippen LogP contribution < -0.4 is 10.6 Å². The summed E-state index contributed by atoms with van der Waals surface area (Å²) >= 11 is 1.39. The normalized spacial score (nSPS) is 19.5. The van der Waals surface area contributed by atoms with Crippen molar-refractivity contribution in [2.24, 2.45) is 5.92 Å². The predicted octanol–water partition coefficient (Wildman–Crippen LogP) is 2.87. The summed E-state index contributed by atoms with van der Waals surface area (Å²) in [6.45, 7) is 0. The number of rotatable bonds is 5. The number of hydrogen-bond acceptors (Lipinski definition) is 4. The Hall–Kier alpha value is -1.43. The number of amides is 2. The first kappa shape index (κ1) is 15.5. The van der Waals surface area contributed by atoms with E-state index in [0.29, 0.717) is 17.6 Å². The zero-order valence-electron chi connectivity index (χ0n) is 12.8. The van der Waals surface area contributed by atoms with E-state index in [9.17, 15) is 9.59 Å². The molecule has 2 amide bonds. The van der Waals surface area contributed by atoms with E-state index in [2.05, 4.69) is 15.6 Å². The molecule has 1 heterocycles. The highest BCUT2D eigenvalue weighted by molar-refractivity contribution is 7.13. The SMILES string of the molecule is O=C(Cc1csc(NC(=O)C2CC2)n1)NC1CCCCCC1. The number of thiazole rings is 1. The Labute approximate surface area is 134 Å². The molecule has 0 unspecified atom stereocenters. The van der Waals surface area contributed by atoms with E-state index in [1.807, 2.05) is 5.38 Å². The van der Waals surface area contributed by atoms with Gasteiger partial charge in [0.1, 0.15) is 0 Å². The number of anilines is 1. The van der Waals surface area contributed by atoms with Crippen molar-refractivity contribution in [2.45, 2.75) is 63.8 Å². The van der Waals surface area contributed by atoms with Crippen molar-refractivity contribution in [3.63, 3.8) is 0 Å². The highest BCUT2D eigenvalue weighted by Gasteiger charge is 2.30. The van der Waals surface area contributed by atoms with Gasteiger partial charge in [0.05, 0.1) is 12.1 Å². The molecular formula is C16H23N3O2S. The molecule has 0 aliphatic heterocycles. The van der Waals surface area contributed by atoms with Gasteiger partial charge in [-0.15, -0.1) is 11.3 Å². The lowest BCUT2D eigenvalue weighted by Gasteiger charge is -2.15. The maximum atomic E-state index is 12.1. The molecule has 2 fully saturated rings. The molecule has 2 N–H and O–H groups in total. The fourth-order valence-corrected chi connectivity index (χ4v) is 3.58. The van der Waals surface area contributed by atoms with Crippen molar-refractivity contribution in [3.8, 4) is 0 Å². The van der Waals surface area contributed by atoms with Gasteiger partial charge in [-0.2, -0.15) is 0 Å². The molecule has 1 aromatic rings. The van der Waals surface area contributed by atoms with Crippen molar-refractivity contribution in [3.05, 3.63) is 11.1 Å². The number of nitrogens with zero attached hydrogens (tertiary/aromatic N) is 1. The summed E-state index contributed by atoms with van der Waals surface area (Å²) in [7, 11) is 0. The smallest absolute Gasteiger partial charge is 0.229 e. The first-order valence-corrected chi connectivity index (χ1v) is 9.13. The highest BCUT2D eigenvalue weighted by atomic mass is 32.1. The van der Waals surface area contributed by atoms with E-state index in [-0.39, 0.29) is 17.7 Å². The third kappa shape index (κ3) is 4.53. The Morgan fingerprint density at radius 2 is 1.86 bits per heavy atom. The Morgan fingerprint density at radius 3 is 2.55 bits per heavy atom. The van der Waals surface area contributed by atoms with Gasteiger partial charge in [-0.3, -0.25) is 9.59 Å². The van der Waals surface area contributed by atoms with Crippen LogP contribution in [-0.2, 0) is 16.0 Å². The third-order valence-electron chi connectivity index (χ3n) is 4.29. The van der Waals surface area contributed by atoms with Crippen molar-refractivity contribution in [1.82, 2.24) is 10.3 Å². The molecule has 0 saturated heterocycles. The maximum absolute atomic E-state index is 12.1. The second-order valence-corrected chi connectivity index (χ2v) is 7.20. The number of nitrogens with one attached hydrogen (secondary N) is 2. The lowest BCUT2D eigenvalue weighted by atomic mass is 10.1. The first-order chi connectivity index (χ1) is 10.7. The summed E-state index contributed by atoms with van der Waals surface area (Å²) in [5, 5.41) is 8.41. The van der Waals surface area contributed by atoms with E-state index in [0.717, 1.165) is 31.4 Å². The summed E-state index contributed by atoms with van der Waals surface area (Å²) in [6.07, 6.45) is 9.41. The van der Waals surface area contributed by atoms with E-state index < -0.39 is 0 Å². The van der Waals surface area contributed by atoms with Crippen molar-refractivity contribution >= 4 is 28.3 Å². The highest BCUT2D eigenvalue weighted by Crippen LogP contribution is 2.30. The van der Waals surface area contributed by atoms with Crippen LogP contribution in [0, 0.1) is 5.92 Å². The third-order valence-corrected chi connectivity index (χ3v) is 5.10. The Balaban J connectivity index is 1.46. The molecule has 2 aliphatic rings. The van der Waals surface area contributed by atoms with Gasteiger partial charge in [0.25, 0.3) is 0 Å². The second-order valence-electron chi connectivity index (χ2n) is 6.34. The number of carbonyl (C=O) groups excluding carboxylic acids is 2. The Morgan fingerprint density at radius 1 is 1.14 bits per heavy atom. The van der Waals surface area contributed by atoms with Gasteiger partial charge in [-0.05, 0) is 25.7 Å². The zero-order chi connectivity index (χ0) is 15.4. The minimum Gasteiger partial charge on any atom is -0.353 e. The average molecular weight is 321 g/mol. The molecule has 120 valence electrons. The molecule has 6 heteroatoms. The topological polar surface area (TPSA) is 71.1 Å². The predicted molar refractivity (Wildman–Crippen MR) is 86.8 cm³/mol. The van der Waals surface area contributed by atoms with E-state index in [1.165, 1.54) is 37.0 Å². The fourth-order valence-electron chi connectivity index (χ4n) is 2.87. The van der Waals surface area contributed by atoms with Gasteiger partial charge in [0, 0.05) is 17.3 Å². The molecule has 0 atom stereocenters. The molecule has 0 bridgehead atoms. The van der Waals surface area contributed by atoms with Gasteiger partial charge >= 0.3 is 0 Å². The summed E-state index contributed by atoms with van der Waals surface area (Å²) in [4.78, 5) is 28.1.